The SMILES string of the molecule is CCOc1ncccc1C(=O)NC(Cc1cc(=O)[nH]c(C)n1)c1ccc(Cl)cc1. The summed E-state index contributed by atoms with van der Waals surface area (Å²) in [4.78, 5) is 35.9. The molecule has 1 aromatic carbocycles. The molecule has 0 spiro atoms. The second-order valence-corrected chi connectivity index (χ2v) is 6.83. The monoisotopic (exact) mass is 412 g/mol. The van der Waals surface area contributed by atoms with Crippen LogP contribution in [0.4, 0.5) is 0 Å². The number of nitrogens with one attached hydrogen (secondary N) is 2. The second kappa shape index (κ2) is 9.34. The average Bonchev–Trinajstić information content (AvgIpc) is 2.68. The molecule has 3 rings (SSSR count). The van der Waals surface area contributed by atoms with Crippen molar-refractivity contribution in [1.82, 2.24) is 20.3 Å². The van der Waals surface area contributed by atoms with Crippen LogP contribution in [0, 0.1) is 6.92 Å². The molecule has 0 saturated heterocycles. The van der Waals surface area contributed by atoms with E-state index in [-0.39, 0.29) is 17.3 Å². The molecule has 0 aliphatic heterocycles. The smallest absolute Gasteiger partial charge is 0.257 e. The number of H-pyrrole nitrogens is 1. The predicted octanol–water partition coefficient (Wildman–Crippen LogP) is 3.24. The molecular weight excluding hydrogens is 392 g/mol. The molecule has 29 heavy (non-hydrogen) atoms. The van der Waals surface area contributed by atoms with E-state index in [1.165, 1.54) is 6.07 Å². The Balaban J connectivity index is 1.92. The van der Waals surface area contributed by atoms with Crippen molar-refractivity contribution in [3.05, 3.63) is 86.7 Å². The van der Waals surface area contributed by atoms with Gasteiger partial charge in [-0.05, 0) is 43.7 Å². The topological polar surface area (TPSA) is 97.0 Å². The lowest BCUT2D eigenvalue weighted by Crippen LogP contribution is -2.31. The first-order chi connectivity index (χ1) is 14.0. The van der Waals surface area contributed by atoms with Gasteiger partial charge in [-0.3, -0.25) is 9.59 Å². The summed E-state index contributed by atoms with van der Waals surface area (Å²) in [5, 5.41) is 3.59. The number of carbonyl (C=O) groups is 1. The predicted molar refractivity (Wildman–Crippen MR) is 110 cm³/mol. The highest BCUT2D eigenvalue weighted by molar-refractivity contribution is 6.30. The van der Waals surface area contributed by atoms with Crippen LogP contribution < -0.4 is 15.6 Å². The van der Waals surface area contributed by atoms with E-state index in [4.69, 9.17) is 16.3 Å². The van der Waals surface area contributed by atoms with E-state index < -0.39 is 6.04 Å². The third-order valence-electron chi connectivity index (χ3n) is 4.20. The number of aromatic nitrogens is 3. The average molecular weight is 413 g/mol. The summed E-state index contributed by atoms with van der Waals surface area (Å²) < 4.78 is 5.46. The van der Waals surface area contributed by atoms with Gasteiger partial charge in [-0.15, -0.1) is 0 Å². The Morgan fingerprint density at radius 2 is 2.03 bits per heavy atom. The van der Waals surface area contributed by atoms with Crippen molar-refractivity contribution in [3.63, 3.8) is 0 Å². The standard InChI is InChI=1S/C21H21ClN4O3/c1-3-29-21-17(5-4-10-23-21)20(28)26-18(14-6-8-15(22)9-7-14)11-16-12-19(27)25-13(2)24-16/h4-10,12,18H,3,11H2,1-2H3,(H,26,28)(H,24,25,27). The molecule has 0 bridgehead atoms. The number of hydrogen-bond acceptors (Lipinski definition) is 5. The van der Waals surface area contributed by atoms with Crippen molar-refractivity contribution in [2.24, 2.45) is 0 Å². The first kappa shape index (κ1) is 20.5. The number of rotatable bonds is 7. The normalized spacial score (nSPS) is 11.7. The minimum absolute atomic E-state index is 0.237. The molecule has 2 heterocycles. The zero-order chi connectivity index (χ0) is 20.8. The highest BCUT2D eigenvalue weighted by atomic mass is 35.5. The highest BCUT2D eigenvalue weighted by Crippen LogP contribution is 2.22. The molecule has 1 unspecified atom stereocenters. The van der Waals surface area contributed by atoms with Crippen LogP contribution in [0.15, 0.2) is 53.5 Å². The number of amides is 1. The molecule has 8 heteroatoms. The van der Waals surface area contributed by atoms with Gasteiger partial charge in [0.2, 0.25) is 5.88 Å². The van der Waals surface area contributed by atoms with Gasteiger partial charge in [0.1, 0.15) is 11.4 Å². The van der Waals surface area contributed by atoms with Gasteiger partial charge in [0, 0.05) is 23.7 Å². The fourth-order valence-electron chi connectivity index (χ4n) is 2.95. The molecule has 0 saturated carbocycles. The van der Waals surface area contributed by atoms with Crippen LogP contribution in [0.3, 0.4) is 0 Å². The Hall–Kier alpha value is -3.19. The summed E-state index contributed by atoms with van der Waals surface area (Å²) in [6.45, 7) is 3.94. The van der Waals surface area contributed by atoms with Crippen LogP contribution in [0.5, 0.6) is 5.88 Å². The van der Waals surface area contributed by atoms with Gasteiger partial charge in [-0.1, -0.05) is 23.7 Å². The van der Waals surface area contributed by atoms with Crippen LogP contribution >= 0.6 is 11.6 Å². The second-order valence-electron chi connectivity index (χ2n) is 6.39. The number of nitrogens with zero attached hydrogens (tertiary/aromatic N) is 2. The number of aromatic amines is 1. The molecule has 3 aromatic rings. The molecule has 0 radical (unpaired) electrons. The first-order valence-corrected chi connectivity index (χ1v) is 9.55. The summed E-state index contributed by atoms with van der Waals surface area (Å²) in [5.74, 6) is 0.454. The van der Waals surface area contributed by atoms with E-state index >= 15 is 0 Å². The summed E-state index contributed by atoms with van der Waals surface area (Å²) in [7, 11) is 0. The number of halogens is 1. The first-order valence-electron chi connectivity index (χ1n) is 9.17. The summed E-state index contributed by atoms with van der Waals surface area (Å²) >= 11 is 6.01. The third-order valence-corrected chi connectivity index (χ3v) is 4.45. The number of benzene rings is 1. The van der Waals surface area contributed by atoms with Gasteiger partial charge in [-0.2, -0.15) is 0 Å². The quantitative estimate of drug-likeness (QED) is 0.621. The van der Waals surface area contributed by atoms with Crippen molar-refractivity contribution < 1.29 is 9.53 Å². The number of hydrogen-bond donors (Lipinski definition) is 2. The molecule has 0 aliphatic rings. The van der Waals surface area contributed by atoms with E-state index in [0.29, 0.717) is 35.1 Å². The van der Waals surface area contributed by atoms with Crippen LogP contribution in [-0.4, -0.2) is 27.5 Å². The number of carbonyl (C=O) groups excluding carboxylic acids is 1. The van der Waals surface area contributed by atoms with Crippen molar-refractivity contribution >= 4 is 17.5 Å². The van der Waals surface area contributed by atoms with Crippen molar-refractivity contribution in [3.8, 4) is 5.88 Å². The fraction of sp³-hybridized carbons (Fsp3) is 0.238. The van der Waals surface area contributed by atoms with E-state index in [9.17, 15) is 9.59 Å². The van der Waals surface area contributed by atoms with Gasteiger partial charge in [-0.25, -0.2) is 9.97 Å². The van der Waals surface area contributed by atoms with Crippen LogP contribution in [0.2, 0.25) is 5.02 Å². The molecule has 0 fully saturated rings. The van der Waals surface area contributed by atoms with Gasteiger partial charge in [0.25, 0.3) is 11.5 Å². The Kier molecular flexibility index (Phi) is 6.61. The van der Waals surface area contributed by atoms with Crippen molar-refractivity contribution in [2.75, 3.05) is 6.61 Å². The number of ether oxygens (including phenoxy) is 1. The molecule has 1 amide bonds. The van der Waals surface area contributed by atoms with Crippen molar-refractivity contribution in [2.45, 2.75) is 26.3 Å². The lowest BCUT2D eigenvalue weighted by atomic mass is 10.0. The molecule has 1 atom stereocenters. The van der Waals surface area contributed by atoms with Crippen LogP contribution in [-0.2, 0) is 6.42 Å². The highest BCUT2D eigenvalue weighted by Gasteiger charge is 2.20. The maximum absolute atomic E-state index is 13.0. The summed E-state index contributed by atoms with van der Waals surface area (Å²) in [5.41, 5.74) is 1.51. The van der Waals surface area contributed by atoms with Gasteiger partial charge < -0.3 is 15.0 Å². The molecule has 7 nitrogen and oxygen atoms in total. The number of aryl methyl sites for hydroxylation is 1. The maximum Gasteiger partial charge on any atom is 0.257 e. The maximum atomic E-state index is 13.0. The molecule has 0 aliphatic carbocycles. The fourth-order valence-corrected chi connectivity index (χ4v) is 3.08. The molecule has 2 N–H and O–H groups in total. The van der Waals surface area contributed by atoms with E-state index in [1.807, 2.05) is 19.1 Å². The van der Waals surface area contributed by atoms with E-state index in [2.05, 4.69) is 20.3 Å². The van der Waals surface area contributed by atoms with E-state index in [1.54, 1.807) is 37.4 Å². The Bertz CT molecular complexity index is 1050. The lowest BCUT2D eigenvalue weighted by molar-refractivity contribution is 0.0931. The minimum atomic E-state index is -0.428. The van der Waals surface area contributed by atoms with Crippen molar-refractivity contribution in [1.29, 1.82) is 0 Å². The summed E-state index contributed by atoms with van der Waals surface area (Å²) in [6.07, 6.45) is 1.91. The Labute approximate surface area is 173 Å². The van der Waals surface area contributed by atoms with Crippen LogP contribution in [0.25, 0.3) is 0 Å². The Morgan fingerprint density at radius 1 is 1.28 bits per heavy atom. The molecule has 2 aromatic heterocycles. The number of pyridine rings is 1. The Morgan fingerprint density at radius 3 is 2.72 bits per heavy atom. The van der Waals surface area contributed by atoms with Gasteiger partial charge in [0.15, 0.2) is 0 Å². The largest absolute Gasteiger partial charge is 0.477 e. The zero-order valence-corrected chi connectivity index (χ0v) is 16.9. The summed E-state index contributed by atoms with van der Waals surface area (Å²) in [6, 6.07) is 11.5. The van der Waals surface area contributed by atoms with Crippen LogP contribution in [0.1, 0.15) is 40.4 Å². The van der Waals surface area contributed by atoms with Gasteiger partial charge in [0.05, 0.1) is 18.3 Å². The minimum Gasteiger partial charge on any atom is -0.477 e. The van der Waals surface area contributed by atoms with E-state index in [0.717, 1.165) is 5.56 Å². The van der Waals surface area contributed by atoms with Gasteiger partial charge >= 0.3 is 0 Å². The third kappa shape index (κ3) is 5.42. The lowest BCUT2D eigenvalue weighted by Gasteiger charge is -2.20. The zero-order valence-electron chi connectivity index (χ0n) is 16.1. The molecular formula is C21H21ClN4O3. The molecule has 150 valence electrons.